The molecule has 0 bridgehead atoms. The van der Waals surface area contributed by atoms with Crippen molar-refractivity contribution in [3.05, 3.63) is 62.2 Å². The van der Waals surface area contributed by atoms with Crippen LogP contribution in [0.1, 0.15) is 16.1 Å². The number of benzene rings is 1. The predicted molar refractivity (Wildman–Crippen MR) is 96.6 cm³/mol. The molecular formula is C15H11BrCl2FN5O. The maximum atomic E-state index is 13.9. The van der Waals surface area contributed by atoms with E-state index in [4.69, 9.17) is 23.2 Å². The molecule has 25 heavy (non-hydrogen) atoms. The lowest BCUT2D eigenvalue weighted by Crippen LogP contribution is -2.15. The van der Waals surface area contributed by atoms with Crippen LogP contribution in [0.2, 0.25) is 10.0 Å². The Morgan fingerprint density at radius 2 is 2.04 bits per heavy atom. The number of halogens is 4. The lowest BCUT2D eigenvalue weighted by molar-refractivity contribution is 0.102. The molecule has 3 rings (SSSR count). The number of rotatable bonds is 4. The van der Waals surface area contributed by atoms with Crippen LogP contribution in [0.5, 0.6) is 0 Å². The van der Waals surface area contributed by atoms with Gasteiger partial charge < -0.3 is 5.32 Å². The first-order chi connectivity index (χ1) is 11.8. The number of anilines is 1. The van der Waals surface area contributed by atoms with E-state index in [1.54, 1.807) is 19.3 Å². The highest BCUT2D eigenvalue weighted by Gasteiger charge is 2.18. The topological polar surface area (TPSA) is 64.7 Å². The summed E-state index contributed by atoms with van der Waals surface area (Å²) in [6.07, 6.45) is 3.13. The molecule has 0 saturated carbocycles. The number of hydrogen-bond donors (Lipinski definition) is 1. The van der Waals surface area contributed by atoms with Crippen LogP contribution in [0.15, 0.2) is 35.1 Å². The van der Waals surface area contributed by atoms with Crippen molar-refractivity contribution in [3.8, 4) is 0 Å². The highest BCUT2D eigenvalue weighted by atomic mass is 79.9. The van der Waals surface area contributed by atoms with Crippen molar-refractivity contribution in [2.45, 2.75) is 6.54 Å². The molecule has 10 heteroatoms. The molecule has 0 aliphatic carbocycles. The lowest BCUT2D eigenvalue weighted by atomic mass is 10.2. The van der Waals surface area contributed by atoms with Gasteiger partial charge in [0.2, 0.25) is 0 Å². The Morgan fingerprint density at radius 3 is 2.68 bits per heavy atom. The van der Waals surface area contributed by atoms with E-state index in [1.165, 1.54) is 27.7 Å². The van der Waals surface area contributed by atoms with Gasteiger partial charge in [-0.1, -0.05) is 29.3 Å². The number of nitrogens with one attached hydrogen (secondary N) is 1. The molecule has 0 unspecified atom stereocenters. The van der Waals surface area contributed by atoms with Gasteiger partial charge in [0.15, 0.2) is 11.5 Å². The largest absolute Gasteiger partial charge is 0.302 e. The number of amides is 1. The van der Waals surface area contributed by atoms with Gasteiger partial charge in [0.1, 0.15) is 10.8 Å². The second kappa shape index (κ2) is 7.15. The minimum Gasteiger partial charge on any atom is -0.302 e. The number of carbonyl (C=O) groups excluding carboxylic acids is 1. The Hall–Kier alpha value is -1.90. The van der Waals surface area contributed by atoms with E-state index in [1.807, 2.05) is 0 Å². The number of hydrogen-bond acceptors (Lipinski definition) is 3. The van der Waals surface area contributed by atoms with Gasteiger partial charge >= 0.3 is 0 Å². The van der Waals surface area contributed by atoms with Crippen molar-refractivity contribution in [3.63, 3.8) is 0 Å². The molecule has 0 saturated heterocycles. The first-order valence-electron chi connectivity index (χ1n) is 7.01. The normalized spacial score (nSPS) is 10.9. The average Bonchev–Trinajstić information content (AvgIpc) is 3.05. The van der Waals surface area contributed by atoms with Gasteiger partial charge in [-0.25, -0.2) is 4.39 Å². The quantitative estimate of drug-likeness (QED) is 0.655. The summed E-state index contributed by atoms with van der Waals surface area (Å²) in [5, 5.41) is 11.3. The number of aromatic nitrogens is 4. The van der Waals surface area contributed by atoms with Crippen molar-refractivity contribution in [1.82, 2.24) is 19.6 Å². The van der Waals surface area contributed by atoms with Crippen LogP contribution in [0.3, 0.4) is 0 Å². The zero-order chi connectivity index (χ0) is 18.1. The molecule has 2 aromatic heterocycles. The van der Waals surface area contributed by atoms with Crippen LogP contribution in [0.4, 0.5) is 10.2 Å². The molecule has 130 valence electrons. The van der Waals surface area contributed by atoms with Crippen LogP contribution < -0.4 is 5.32 Å². The van der Waals surface area contributed by atoms with Gasteiger partial charge in [-0.3, -0.25) is 14.2 Å². The summed E-state index contributed by atoms with van der Waals surface area (Å²) < 4.78 is 17.3. The van der Waals surface area contributed by atoms with Gasteiger partial charge in [-0.15, -0.1) is 0 Å². The SMILES string of the molecule is Cn1cc(Br)c(C(=O)Nc2nn(Cc3c(F)cccc3Cl)cc2Cl)n1. The third-order valence-corrected chi connectivity index (χ3v) is 4.54. The number of aryl methyl sites for hydroxylation is 1. The summed E-state index contributed by atoms with van der Waals surface area (Å²) in [6.45, 7) is 0.0778. The van der Waals surface area contributed by atoms with Gasteiger partial charge in [0, 0.05) is 30.0 Å². The molecule has 0 spiro atoms. The van der Waals surface area contributed by atoms with E-state index in [9.17, 15) is 9.18 Å². The zero-order valence-electron chi connectivity index (χ0n) is 12.8. The van der Waals surface area contributed by atoms with E-state index >= 15 is 0 Å². The average molecular weight is 447 g/mol. The molecule has 0 radical (unpaired) electrons. The van der Waals surface area contributed by atoms with Crippen molar-refractivity contribution in [2.75, 3.05) is 5.32 Å². The third-order valence-electron chi connectivity index (χ3n) is 3.33. The van der Waals surface area contributed by atoms with Gasteiger partial charge in [0.05, 0.1) is 11.0 Å². The smallest absolute Gasteiger partial charge is 0.278 e. The fraction of sp³-hybridized carbons (Fsp3) is 0.133. The number of nitrogens with zero attached hydrogens (tertiary/aromatic N) is 4. The molecule has 0 aliphatic heterocycles. The first-order valence-corrected chi connectivity index (χ1v) is 8.56. The minimum atomic E-state index is -0.469. The molecule has 2 heterocycles. The second-order valence-electron chi connectivity index (χ2n) is 5.18. The fourth-order valence-electron chi connectivity index (χ4n) is 2.19. The van der Waals surface area contributed by atoms with Crippen molar-refractivity contribution in [1.29, 1.82) is 0 Å². The summed E-state index contributed by atoms with van der Waals surface area (Å²) in [6, 6.07) is 4.42. The predicted octanol–water partition coefficient (Wildman–Crippen LogP) is 4.13. The van der Waals surface area contributed by atoms with E-state index in [2.05, 4.69) is 31.4 Å². The summed E-state index contributed by atoms with van der Waals surface area (Å²) in [5.41, 5.74) is 0.485. The van der Waals surface area contributed by atoms with Crippen LogP contribution in [-0.2, 0) is 13.6 Å². The van der Waals surface area contributed by atoms with Crippen LogP contribution in [0.25, 0.3) is 0 Å². The summed E-state index contributed by atoms with van der Waals surface area (Å²) in [5.74, 6) is -0.762. The van der Waals surface area contributed by atoms with E-state index in [0.29, 0.717) is 4.47 Å². The molecular weight excluding hydrogens is 436 g/mol. The molecule has 6 nitrogen and oxygen atoms in total. The van der Waals surface area contributed by atoms with Gasteiger partial charge in [-0.05, 0) is 28.1 Å². The minimum absolute atomic E-state index is 0.0778. The highest BCUT2D eigenvalue weighted by Crippen LogP contribution is 2.24. The molecule has 0 aliphatic rings. The van der Waals surface area contributed by atoms with Gasteiger partial charge in [-0.2, -0.15) is 10.2 Å². The standard InChI is InChI=1S/C15H11BrCl2FN5O/c1-23-6-9(16)13(21-23)15(25)20-14-11(18)7-24(22-14)5-8-10(17)3-2-4-12(8)19/h2-4,6-7H,5H2,1H3,(H,20,22,25). The molecule has 1 N–H and O–H groups in total. The Balaban J connectivity index is 1.81. The molecule has 3 aromatic rings. The summed E-state index contributed by atoms with van der Waals surface area (Å²) in [4.78, 5) is 12.3. The zero-order valence-corrected chi connectivity index (χ0v) is 15.9. The molecule has 1 amide bonds. The van der Waals surface area contributed by atoms with Crippen LogP contribution in [-0.4, -0.2) is 25.5 Å². The Morgan fingerprint density at radius 1 is 1.28 bits per heavy atom. The Kier molecular flexibility index (Phi) is 5.12. The lowest BCUT2D eigenvalue weighted by Gasteiger charge is -2.05. The summed E-state index contributed by atoms with van der Waals surface area (Å²) >= 11 is 15.4. The highest BCUT2D eigenvalue weighted by molar-refractivity contribution is 9.10. The molecule has 0 atom stereocenters. The maximum absolute atomic E-state index is 13.9. The first kappa shape index (κ1) is 17.9. The third kappa shape index (κ3) is 3.86. The molecule has 1 aromatic carbocycles. The van der Waals surface area contributed by atoms with Crippen molar-refractivity contribution >= 4 is 50.9 Å². The second-order valence-corrected chi connectivity index (χ2v) is 6.85. The monoisotopic (exact) mass is 445 g/mol. The van der Waals surface area contributed by atoms with Crippen molar-refractivity contribution < 1.29 is 9.18 Å². The summed E-state index contributed by atoms with van der Waals surface area (Å²) in [7, 11) is 1.70. The van der Waals surface area contributed by atoms with E-state index < -0.39 is 11.7 Å². The number of carbonyl (C=O) groups is 1. The van der Waals surface area contributed by atoms with E-state index in [0.717, 1.165) is 0 Å². The molecule has 0 fully saturated rings. The van der Waals surface area contributed by atoms with Crippen LogP contribution in [0, 0.1) is 5.82 Å². The van der Waals surface area contributed by atoms with Gasteiger partial charge in [0.25, 0.3) is 5.91 Å². The fourth-order valence-corrected chi connectivity index (χ4v) is 3.16. The van der Waals surface area contributed by atoms with Crippen molar-refractivity contribution in [2.24, 2.45) is 7.05 Å². The Labute approximate surface area is 160 Å². The maximum Gasteiger partial charge on any atom is 0.278 e. The van der Waals surface area contributed by atoms with Crippen LogP contribution >= 0.6 is 39.1 Å². The van der Waals surface area contributed by atoms with E-state index in [-0.39, 0.29) is 33.7 Å². The Bertz CT molecular complexity index is 935.